The molecule has 0 spiro atoms. The Kier molecular flexibility index (Phi) is 9.12. The molecule has 0 unspecified atom stereocenters. The van der Waals surface area contributed by atoms with Crippen molar-refractivity contribution < 1.29 is 32.2 Å². The van der Waals surface area contributed by atoms with E-state index in [9.17, 15) is 22.8 Å². The van der Waals surface area contributed by atoms with Crippen molar-refractivity contribution in [1.29, 1.82) is 0 Å². The molecule has 2 amide bonds. The monoisotopic (exact) mass is 553 g/mol. The summed E-state index contributed by atoms with van der Waals surface area (Å²) < 4.78 is 49.8. The van der Waals surface area contributed by atoms with Gasteiger partial charge in [0, 0.05) is 12.1 Å². The number of rotatable bonds is 11. The van der Waals surface area contributed by atoms with E-state index in [0.717, 1.165) is 11.1 Å². The van der Waals surface area contributed by atoms with Crippen LogP contribution in [0.1, 0.15) is 37.7 Å². The highest BCUT2D eigenvalue weighted by atomic mass is 19.4. The van der Waals surface area contributed by atoms with E-state index in [1.54, 1.807) is 19.2 Å². The first-order valence-electron chi connectivity index (χ1n) is 12.2. The first-order valence-corrected chi connectivity index (χ1v) is 12.2. The molecule has 0 atom stereocenters. The fraction of sp³-hybridized carbons (Fsp3) is 0.214. The van der Waals surface area contributed by atoms with Crippen LogP contribution in [0.4, 0.5) is 13.2 Å². The van der Waals surface area contributed by atoms with Crippen molar-refractivity contribution in [3.05, 3.63) is 107 Å². The van der Waals surface area contributed by atoms with E-state index < -0.39 is 24.5 Å². The number of amides is 2. The minimum absolute atomic E-state index is 0.0162. The van der Waals surface area contributed by atoms with Crippen molar-refractivity contribution in [2.75, 3.05) is 13.7 Å². The fourth-order valence-electron chi connectivity index (χ4n) is 3.74. The normalized spacial score (nSPS) is 11.2. The van der Waals surface area contributed by atoms with E-state index in [1.807, 2.05) is 47.8 Å². The first kappa shape index (κ1) is 28.3. The third-order valence-electron chi connectivity index (χ3n) is 5.74. The molecule has 1 heterocycles. The molecule has 0 aliphatic rings. The Balaban J connectivity index is 1.53. The van der Waals surface area contributed by atoms with Gasteiger partial charge in [-0.05, 0) is 47.5 Å². The summed E-state index contributed by atoms with van der Waals surface area (Å²) in [5.74, 6) is -0.690. The maximum absolute atomic E-state index is 13.1. The van der Waals surface area contributed by atoms with Gasteiger partial charge in [-0.25, -0.2) is 4.68 Å². The molecule has 2 N–H and O–H groups in total. The lowest BCUT2D eigenvalue weighted by Gasteiger charge is -2.11. The Hall–Kier alpha value is -4.71. The number of carbonyl (C=O) groups is 2. The number of hydrogen-bond donors (Lipinski definition) is 2. The van der Waals surface area contributed by atoms with Gasteiger partial charge in [0.1, 0.15) is 18.0 Å². The molecular weight excluding hydrogens is 527 g/mol. The molecule has 1 aromatic heterocycles. The van der Waals surface area contributed by atoms with Gasteiger partial charge in [0.2, 0.25) is 0 Å². The van der Waals surface area contributed by atoms with Crippen LogP contribution in [0.25, 0.3) is 5.69 Å². The Bertz CT molecular complexity index is 1440. The molecule has 4 aromatic rings. The largest absolute Gasteiger partial charge is 0.497 e. The van der Waals surface area contributed by atoms with Crippen molar-refractivity contribution in [3.63, 3.8) is 0 Å². The van der Waals surface area contributed by atoms with Crippen LogP contribution in [0.5, 0.6) is 5.75 Å². The molecule has 40 heavy (non-hydrogen) atoms. The topological polar surface area (TPSA) is 107 Å². The molecule has 0 fully saturated rings. The van der Waals surface area contributed by atoms with Crippen molar-refractivity contribution in [2.45, 2.75) is 25.9 Å². The molecule has 0 aliphatic carbocycles. The van der Waals surface area contributed by atoms with Gasteiger partial charge in [-0.2, -0.15) is 13.2 Å². The Morgan fingerprint density at radius 2 is 1.60 bits per heavy atom. The van der Waals surface area contributed by atoms with E-state index in [2.05, 4.69) is 15.6 Å². The second kappa shape index (κ2) is 12.9. The minimum atomic E-state index is -4.52. The highest BCUT2D eigenvalue weighted by molar-refractivity contribution is 5.94. The molecule has 3 aromatic carbocycles. The Morgan fingerprint density at radius 3 is 2.30 bits per heavy atom. The smallest absolute Gasteiger partial charge is 0.405 e. The molecule has 0 saturated carbocycles. The predicted molar refractivity (Wildman–Crippen MR) is 139 cm³/mol. The van der Waals surface area contributed by atoms with Crippen molar-refractivity contribution in [2.24, 2.45) is 0 Å². The summed E-state index contributed by atoms with van der Waals surface area (Å²) in [6, 6.07) is 22.4. The van der Waals surface area contributed by atoms with E-state index in [1.165, 1.54) is 28.9 Å². The third kappa shape index (κ3) is 7.67. The molecule has 208 valence electrons. The van der Waals surface area contributed by atoms with Gasteiger partial charge in [0.05, 0.1) is 26.0 Å². The number of halogens is 3. The SMILES string of the molecule is COc1cccc(CNC(=O)c2nnn(-c3ccc(C(=O)NCC(F)(F)F)cc3)c2COCc2ccccc2)c1. The van der Waals surface area contributed by atoms with E-state index in [0.29, 0.717) is 17.1 Å². The number of nitrogens with one attached hydrogen (secondary N) is 2. The quantitative estimate of drug-likeness (QED) is 0.288. The highest BCUT2D eigenvalue weighted by Gasteiger charge is 2.28. The second-order valence-corrected chi connectivity index (χ2v) is 8.65. The van der Waals surface area contributed by atoms with Crippen LogP contribution in [0.3, 0.4) is 0 Å². The maximum atomic E-state index is 13.1. The average molecular weight is 554 g/mol. The summed E-state index contributed by atoms with van der Waals surface area (Å²) in [6.07, 6.45) is -4.52. The average Bonchev–Trinajstić information content (AvgIpc) is 3.39. The zero-order valence-electron chi connectivity index (χ0n) is 21.4. The highest BCUT2D eigenvalue weighted by Crippen LogP contribution is 2.18. The van der Waals surface area contributed by atoms with Gasteiger partial charge >= 0.3 is 6.18 Å². The van der Waals surface area contributed by atoms with Crippen molar-refractivity contribution >= 4 is 11.8 Å². The van der Waals surface area contributed by atoms with Crippen molar-refractivity contribution in [1.82, 2.24) is 25.6 Å². The summed E-state index contributed by atoms with van der Waals surface area (Å²) in [5.41, 5.74) is 2.62. The van der Waals surface area contributed by atoms with Gasteiger partial charge in [-0.15, -0.1) is 5.10 Å². The molecule has 4 rings (SSSR count). The number of methoxy groups -OCH3 is 1. The van der Waals surface area contributed by atoms with Gasteiger partial charge in [0.15, 0.2) is 5.69 Å². The molecule has 0 aliphatic heterocycles. The van der Waals surface area contributed by atoms with E-state index in [-0.39, 0.29) is 31.0 Å². The minimum Gasteiger partial charge on any atom is -0.497 e. The number of alkyl halides is 3. The molecule has 9 nitrogen and oxygen atoms in total. The van der Waals surface area contributed by atoms with Crippen LogP contribution in [0.15, 0.2) is 78.9 Å². The summed E-state index contributed by atoms with van der Waals surface area (Å²) in [5, 5.41) is 12.8. The van der Waals surface area contributed by atoms with Crippen molar-refractivity contribution in [3.8, 4) is 11.4 Å². The lowest BCUT2D eigenvalue weighted by Crippen LogP contribution is -2.33. The summed E-state index contributed by atoms with van der Waals surface area (Å²) in [4.78, 5) is 25.2. The molecule has 0 bridgehead atoms. The Morgan fingerprint density at radius 1 is 0.875 bits per heavy atom. The van der Waals surface area contributed by atoms with E-state index >= 15 is 0 Å². The number of ether oxygens (including phenoxy) is 2. The first-order chi connectivity index (χ1) is 19.2. The lowest BCUT2D eigenvalue weighted by molar-refractivity contribution is -0.123. The third-order valence-corrected chi connectivity index (χ3v) is 5.74. The van der Waals surface area contributed by atoms with Crippen LogP contribution in [-0.4, -0.2) is 46.6 Å². The van der Waals surface area contributed by atoms with Crippen LogP contribution in [0, 0.1) is 0 Å². The fourth-order valence-corrected chi connectivity index (χ4v) is 3.74. The van der Waals surface area contributed by atoms with Gasteiger partial charge in [-0.3, -0.25) is 9.59 Å². The van der Waals surface area contributed by atoms with Gasteiger partial charge < -0.3 is 20.1 Å². The van der Waals surface area contributed by atoms with Gasteiger partial charge in [-0.1, -0.05) is 47.7 Å². The van der Waals surface area contributed by atoms with Crippen LogP contribution < -0.4 is 15.4 Å². The standard InChI is InChI=1S/C28H26F3N5O4/c1-39-23-9-5-8-20(14-23)15-32-27(38)25-24(17-40-16-19-6-3-2-4-7-19)36(35-34-25)22-12-10-21(11-13-22)26(37)33-18-28(29,30)31/h2-14H,15-18H2,1H3,(H,32,38)(H,33,37). The van der Waals surface area contributed by atoms with E-state index in [4.69, 9.17) is 9.47 Å². The number of benzene rings is 3. The maximum Gasteiger partial charge on any atom is 0.405 e. The lowest BCUT2D eigenvalue weighted by atomic mass is 10.2. The number of aromatic nitrogens is 3. The summed E-state index contributed by atoms with van der Waals surface area (Å²) in [7, 11) is 1.55. The predicted octanol–water partition coefficient (Wildman–Crippen LogP) is 4.21. The summed E-state index contributed by atoms with van der Waals surface area (Å²) in [6.45, 7) is -0.963. The van der Waals surface area contributed by atoms with Crippen LogP contribution in [0.2, 0.25) is 0 Å². The molecule has 0 radical (unpaired) electrons. The Labute approximate surface area is 227 Å². The number of carbonyl (C=O) groups excluding carboxylic acids is 2. The summed E-state index contributed by atoms with van der Waals surface area (Å²) >= 11 is 0. The second-order valence-electron chi connectivity index (χ2n) is 8.65. The molecular formula is C28H26F3N5O4. The van der Waals surface area contributed by atoms with Crippen LogP contribution >= 0.6 is 0 Å². The zero-order valence-corrected chi connectivity index (χ0v) is 21.4. The number of nitrogens with zero attached hydrogens (tertiary/aromatic N) is 3. The molecule has 12 heteroatoms. The number of hydrogen-bond acceptors (Lipinski definition) is 6. The van der Waals surface area contributed by atoms with Gasteiger partial charge in [0.25, 0.3) is 11.8 Å². The molecule has 0 saturated heterocycles. The van der Waals surface area contributed by atoms with Crippen LogP contribution in [-0.2, 0) is 24.5 Å². The zero-order chi connectivity index (χ0) is 28.5.